The number of hydrogen-bond acceptors (Lipinski definition) is 5. The second-order valence-corrected chi connectivity index (χ2v) is 5.37. The van der Waals surface area contributed by atoms with Crippen molar-refractivity contribution in [3.8, 4) is 11.5 Å². The Bertz CT molecular complexity index is 920. The van der Waals surface area contributed by atoms with Crippen molar-refractivity contribution in [3.05, 3.63) is 59.7 Å². The van der Waals surface area contributed by atoms with Crippen LogP contribution in [0.4, 0.5) is 10.5 Å². The van der Waals surface area contributed by atoms with Gasteiger partial charge < -0.3 is 9.47 Å². The van der Waals surface area contributed by atoms with Gasteiger partial charge in [-0.2, -0.15) is 0 Å². The average molecular weight is 352 g/mol. The Hall–Kier alpha value is -3.61. The number of methoxy groups -OCH3 is 2. The lowest BCUT2D eigenvalue weighted by molar-refractivity contribution is -0.122. The van der Waals surface area contributed by atoms with Crippen LogP contribution in [0, 0.1) is 0 Å². The summed E-state index contributed by atoms with van der Waals surface area (Å²) in [5.74, 6) is -0.672. The molecule has 7 nitrogen and oxygen atoms in total. The summed E-state index contributed by atoms with van der Waals surface area (Å²) in [5.41, 5.74) is 0.610. The predicted octanol–water partition coefficient (Wildman–Crippen LogP) is 2.37. The number of imide groups is 2. The van der Waals surface area contributed by atoms with Gasteiger partial charge in [0.2, 0.25) is 0 Å². The van der Waals surface area contributed by atoms with E-state index >= 15 is 0 Å². The number of nitrogens with zero attached hydrogens (tertiary/aromatic N) is 1. The van der Waals surface area contributed by atoms with Crippen LogP contribution in [0.25, 0.3) is 6.08 Å². The van der Waals surface area contributed by atoms with Crippen LogP contribution in [-0.2, 0) is 9.59 Å². The van der Waals surface area contributed by atoms with E-state index in [-0.39, 0.29) is 11.3 Å². The fraction of sp³-hybridized carbons (Fsp3) is 0.105. The molecule has 4 amide bonds. The van der Waals surface area contributed by atoms with Crippen molar-refractivity contribution in [2.24, 2.45) is 0 Å². The Balaban J connectivity index is 2.08. The summed E-state index contributed by atoms with van der Waals surface area (Å²) in [5, 5.41) is 2.18. The Morgan fingerprint density at radius 1 is 0.885 bits per heavy atom. The smallest absolute Gasteiger partial charge is 0.336 e. The van der Waals surface area contributed by atoms with E-state index in [2.05, 4.69) is 5.32 Å². The van der Waals surface area contributed by atoms with E-state index in [1.54, 1.807) is 48.5 Å². The standard InChI is InChI=1S/C19H16N2O5/c1-25-15-9-5-3-7-12(15)11-13-17(22)20-19(24)21(18(13)23)14-8-4-6-10-16(14)26-2/h3-11H,1-2H3,(H,20,22,24). The molecule has 132 valence electrons. The van der Waals surface area contributed by atoms with Crippen molar-refractivity contribution in [1.29, 1.82) is 0 Å². The highest BCUT2D eigenvalue weighted by Crippen LogP contribution is 2.31. The molecule has 1 aliphatic heterocycles. The van der Waals surface area contributed by atoms with Crippen LogP contribution in [0.15, 0.2) is 54.1 Å². The molecule has 1 aliphatic rings. The lowest BCUT2D eigenvalue weighted by Gasteiger charge is -2.27. The van der Waals surface area contributed by atoms with Crippen LogP contribution in [0.3, 0.4) is 0 Å². The largest absolute Gasteiger partial charge is 0.496 e. The van der Waals surface area contributed by atoms with E-state index in [0.29, 0.717) is 17.1 Å². The quantitative estimate of drug-likeness (QED) is 0.674. The molecule has 1 N–H and O–H groups in total. The molecule has 0 spiro atoms. The summed E-state index contributed by atoms with van der Waals surface area (Å²) < 4.78 is 10.5. The Morgan fingerprint density at radius 3 is 2.19 bits per heavy atom. The fourth-order valence-electron chi connectivity index (χ4n) is 2.63. The van der Waals surface area contributed by atoms with Crippen molar-refractivity contribution < 1.29 is 23.9 Å². The van der Waals surface area contributed by atoms with Gasteiger partial charge in [-0.3, -0.25) is 14.9 Å². The minimum atomic E-state index is -0.832. The number of carbonyl (C=O) groups is 3. The Kier molecular flexibility index (Phi) is 4.70. The molecule has 0 atom stereocenters. The molecule has 0 saturated carbocycles. The number of amides is 4. The molecule has 0 bridgehead atoms. The van der Waals surface area contributed by atoms with Crippen molar-refractivity contribution in [2.45, 2.75) is 0 Å². The molecular weight excluding hydrogens is 336 g/mol. The van der Waals surface area contributed by atoms with Gasteiger partial charge in [-0.25, -0.2) is 9.69 Å². The lowest BCUT2D eigenvalue weighted by Crippen LogP contribution is -2.54. The molecule has 3 rings (SSSR count). The zero-order valence-electron chi connectivity index (χ0n) is 14.2. The first-order valence-electron chi connectivity index (χ1n) is 7.74. The van der Waals surface area contributed by atoms with Crippen LogP contribution in [0.1, 0.15) is 5.56 Å². The molecule has 0 aromatic heterocycles. The van der Waals surface area contributed by atoms with Gasteiger partial charge in [0.25, 0.3) is 11.8 Å². The fourth-order valence-corrected chi connectivity index (χ4v) is 2.63. The number of ether oxygens (including phenoxy) is 2. The van der Waals surface area contributed by atoms with E-state index in [1.807, 2.05) is 0 Å². The number of nitrogens with one attached hydrogen (secondary N) is 1. The maximum Gasteiger partial charge on any atom is 0.336 e. The summed E-state index contributed by atoms with van der Waals surface area (Å²) in [7, 11) is 2.92. The Morgan fingerprint density at radius 2 is 1.50 bits per heavy atom. The van der Waals surface area contributed by atoms with Crippen LogP contribution in [-0.4, -0.2) is 32.1 Å². The summed E-state index contributed by atoms with van der Waals surface area (Å²) in [4.78, 5) is 38.3. The van der Waals surface area contributed by atoms with Crippen molar-refractivity contribution in [3.63, 3.8) is 0 Å². The van der Waals surface area contributed by atoms with Gasteiger partial charge in [0, 0.05) is 5.56 Å². The Labute approximate surface area is 149 Å². The molecule has 26 heavy (non-hydrogen) atoms. The maximum absolute atomic E-state index is 12.9. The van der Waals surface area contributed by atoms with Crippen LogP contribution < -0.4 is 19.7 Å². The maximum atomic E-state index is 12.9. The van der Waals surface area contributed by atoms with Gasteiger partial charge in [0.05, 0.1) is 19.9 Å². The minimum Gasteiger partial charge on any atom is -0.496 e. The molecule has 2 aromatic rings. The number of benzene rings is 2. The number of carbonyl (C=O) groups excluding carboxylic acids is 3. The van der Waals surface area contributed by atoms with Crippen molar-refractivity contribution in [1.82, 2.24) is 5.32 Å². The molecule has 1 fully saturated rings. The van der Waals surface area contributed by atoms with Gasteiger partial charge in [-0.15, -0.1) is 0 Å². The zero-order valence-corrected chi connectivity index (χ0v) is 14.2. The first kappa shape index (κ1) is 17.2. The summed E-state index contributed by atoms with van der Waals surface area (Å²) in [6.45, 7) is 0. The number of barbiturate groups is 1. The molecule has 1 saturated heterocycles. The van der Waals surface area contributed by atoms with Gasteiger partial charge in [0.1, 0.15) is 17.1 Å². The summed E-state index contributed by atoms with van der Waals surface area (Å²) in [6, 6.07) is 12.7. The molecule has 0 radical (unpaired) electrons. The second kappa shape index (κ2) is 7.10. The van der Waals surface area contributed by atoms with Gasteiger partial charge in [-0.1, -0.05) is 30.3 Å². The van der Waals surface area contributed by atoms with Crippen LogP contribution >= 0.6 is 0 Å². The highest BCUT2D eigenvalue weighted by molar-refractivity contribution is 6.39. The lowest BCUT2D eigenvalue weighted by atomic mass is 10.1. The van der Waals surface area contributed by atoms with E-state index in [4.69, 9.17) is 9.47 Å². The predicted molar refractivity (Wildman–Crippen MR) is 95.0 cm³/mol. The average Bonchev–Trinajstić information content (AvgIpc) is 2.65. The molecule has 0 unspecified atom stereocenters. The third kappa shape index (κ3) is 3.02. The first-order valence-corrected chi connectivity index (χ1v) is 7.74. The summed E-state index contributed by atoms with van der Waals surface area (Å²) >= 11 is 0. The molecule has 2 aromatic carbocycles. The van der Waals surface area contributed by atoms with Gasteiger partial charge >= 0.3 is 6.03 Å². The third-order valence-electron chi connectivity index (χ3n) is 3.87. The van der Waals surface area contributed by atoms with E-state index in [1.165, 1.54) is 20.3 Å². The number of rotatable bonds is 4. The van der Waals surface area contributed by atoms with Gasteiger partial charge in [-0.05, 0) is 24.3 Å². The van der Waals surface area contributed by atoms with E-state index in [0.717, 1.165) is 4.90 Å². The van der Waals surface area contributed by atoms with Crippen molar-refractivity contribution >= 4 is 29.6 Å². The monoisotopic (exact) mass is 352 g/mol. The second-order valence-electron chi connectivity index (χ2n) is 5.37. The van der Waals surface area contributed by atoms with E-state index in [9.17, 15) is 14.4 Å². The summed E-state index contributed by atoms with van der Waals surface area (Å²) in [6.07, 6.45) is 1.39. The third-order valence-corrected chi connectivity index (χ3v) is 3.87. The van der Waals surface area contributed by atoms with Gasteiger partial charge in [0.15, 0.2) is 0 Å². The topological polar surface area (TPSA) is 84.9 Å². The normalized spacial score (nSPS) is 15.8. The molecule has 1 heterocycles. The van der Waals surface area contributed by atoms with Crippen LogP contribution in [0.5, 0.6) is 11.5 Å². The zero-order chi connectivity index (χ0) is 18.7. The molecule has 0 aliphatic carbocycles. The first-order chi connectivity index (χ1) is 12.6. The highest BCUT2D eigenvalue weighted by atomic mass is 16.5. The van der Waals surface area contributed by atoms with Crippen LogP contribution in [0.2, 0.25) is 0 Å². The SMILES string of the molecule is COc1ccccc1C=C1C(=O)NC(=O)N(c2ccccc2OC)C1=O. The minimum absolute atomic E-state index is 0.181. The molecule has 7 heteroatoms. The molecular formula is C19H16N2O5. The highest BCUT2D eigenvalue weighted by Gasteiger charge is 2.38. The number of hydrogen-bond donors (Lipinski definition) is 1. The number of anilines is 1. The number of para-hydroxylation sites is 3. The van der Waals surface area contributed by atoms with E-state index < -0.39 is 17.8 Å². The van der Waals surface area contributed by atoms with Crippen molar-refractivity contribution in [2.75, 3.05) is 19.1 Å². The number of urea groups is 1.